The second-order valence-corrected chi connectivity index (χ2v) is 8.85. The van der Waals surface area contributed by atoms with Gasteiger partial charge in [0.25, 0.3) is 0 Å². The lowest BCUT2D eigenvalue weighted by Gasteiger charge is -2.33. The summed E-state index contributed by atoms with van der Waals surface area (Å²) in [6.07, 6.45) is 1.68. The molecule has 3 aromatic rings. The SMILES string of the molecule is CCN(CC)C(CNC(=O)CN1CCN(Cc2nc(-c3ccc(OC)cc3)no2)CC1)c1ccco1. The number of furan rings is 1. The minimum Gasteiger partial charge on any atom is -0.497 e. The third kappa shape index (κ3) is 6.71. The summed E-state index contributed by atoms with van der Waals surface area (Å²) in [5.74, 6) is 2.86. The molecule has 1 atom stereocenters. The number of rotatable bonds is 12. The number of nitrogens with one attached hydrogen (secondary N) is 1. The molecule has 0 spiro atoms. The Kier molecular flexibility index (Phi) is 9.10. The first-order chi connectivity index (χ1) is 17.6. The number of ether oxygens (including phenoxy) is 1. The molecule has 1 fully saturated rings. The van der Waals surface area contributed by atoms with Gasteiger partial charge in [0.05, 0.1) is 32.5 Å². The molecule has 194 valence electrons. The fourth-order valence-electron chi connectivity index (χ4n) is 4.50. The quantitative estimate of drug-likeness (QED) is 0.406. The van der Waals surface area contributed by atoms with Gasteiger partial charge in [-0.1, -0.05) is 19.0 Å². The van der Waals surface area contributed by atoms with Crippen molar-refractivity contribution in [2.75, 3.05) is 59.5 Å². The number of methoxy groups -OCH3 is 1. The molecule has 0 aliphatic carbocycles. The topological polar surface area (TPSA) is 100 Å². The summed E-state index contributed by atoms with van der Waals surface area (Å²) in [5.41, 5.74) is 0.886. The van der Waals surface area contributed by atoms with Gasteiger partial charge in [-0.05, 0) is 49.5 Å². The maximum Gasteiger partial charge on any atom is 0.241 e. The summed E-state index contributed by atoms with van der Waals surface area (Å²) < 4.78 is 16.3. The van der Waals surface area contributed by atoms with Crippen molar-refractivity contribution < 1.29 is 18.5 Å². The molecule has 3 heterocycles. The van der Waals surface area contributed by atoms with Crippen LogP contribution in [-0.2, 0) is 11.3 Å². The summed E-state index contributed by atoms with van der Waals surface area (Å²) in [7, 11) is 1.64. The Hall–Kier alpha value is -3.21. The summed E-state index contributed by atoms with van der Waals surface area (Å²) in [6.45, 7) is 10.8. The molecule has 1 aromatic carbocycles. The first-order valence-electron chi connectivity index (χ1n) is 12.6. The van der Waals surface area contributed by atoms with Crippen LogP contribution in [0.2, 0.25) is 0 Å². The molecule has 10 nitrogen and oxygen atoms in total. The van der Waals surface area contributed by atoms with E-state index in [-0.39, 0.29) is 11.9 Å². The van der Waals surface area contributed by atoms with Crippen molar-refractivity contribution in [3.63, 3.8) is 0 Å². The molecule has 1 N–H and O–H groups in total. The molecule has 1 unspecified atom stereocenters. The highest BCUT2D eigenvalue weighted by Crippen LogP contribution is 2.21. The molecular weight excluding hydrogens is 460 g/mol. The molecule has 36 heavy (non-hydrogen) atoms. The Morgan fingerprint density at radius 2 is 1.83 bits per heavy atom. The van der Waals surface area contributed by atoms with E-state index in [1.54, 1.807) is 13.4 Å². The third-order valence-corrected chi connectivity index (χ3v) is 6.62. The van der Waals surface area contributed by atoms with Crippen LogP contribution < -0.4 is 10.1 Å². The Balaban J connectivity index is 1.21. The van der Waals surface area contributed by atoms with Gasteiger partial charge in [-0.2, -0.15) is 4.98 Å². The standard InChI is InChI=1S/C26H36N6O4/c1-4-32(5-2)22(23-7-6-16-35-23)17-27-24(33)18-30-12-14-31(15-13-30)19-25-28-26(29-36-25)20-8-10-21(34-3)11-9-20/h6-11,16,22H,4-5,12-15,17-19H2,1-3H3,(H,27,33). The molecule has 1 aliphatic rings. The van der Waals surface area contributed by atoms with Gasteiger partial charge < -0.3 is 19.0 Å². The van der Waals surface area contributed by atoms with Crippen molar-refractivity contribution in [1.29, 1.82) is 0 Å². The van der Waals surface area contributed by atoms with Gasteiger partial charge in [-0.25, -0.2) is 0 Å². The summed E-state index contributed by atoms with van der Waals surface area (Å²) >= 11 is 0. The van der Waals surface area contributed by atoms with E-state index in [1.807, 2.05) is 36.4 Å². The predicted molar refractivity (Wildman–Crippen MR) is 135 cm³/mol. The van der Waals surface area contributed by atoms with Crippen LogP contribution in [0.1, 0.15) is 31.5 Å². The lowest BCUT2D eigenvalue weighted by molar-refractivity contribution is -0.123. The molecule has 1 saturated heterocycles. The summed E-state index contributed by atoms with van der Waals surface area (Å²) in [4.78, 5) is 24.0. The van der Waals surface area contributed by atoms with Crippen LogP contribution in [0.15, 0.2) is 51.6 Å². The summed E-state index contributed by atoms with van der Waals surface area (Å²) in [5, 5.41) is 7.22. The lowest BCUT2D eigenvalue weighted by Crippen LogP contribution is -2.49. The molecule has 1 aliphatic heterocycles. The van der Waals surface area contributed by atoms with Crippen molar-refractivity contribution >= 4 is 5.91 Å². The van der Waals surface area contributed by atoms with Gasteiger partial charge in [-0.3, -0.25) is 19.5 Å². The first kappa shape index (κ1) is 25.9. The van der Waals surface area contributed by atoms with E-state index in [9.17, 15) is 4.79 Å². The molecule has 2 aromatic heterocycles. The van der Waals surface area contributed by atoms with Gasteiger partial charge in [0.1, 0.15) is 11.5 Å². The highest BCUT2D eigenvalue weighted by atomic mass is 16.5. The zero-order chi connectivity index (χ0) is 25.3. The molecular formula is C26H36N6O4. The number of benzene rings is 1. The van der Waals surface area contributed by atoms with Crippen LogP contribution in [0.4, 0.5) is 0 Å². The summed E-state index contributed by atoms with van der Waals surface area (Å²) in [6, 6.07) is 11.5. The Morgan fingerprint density at radius 1 is 1.11 bits per heavy atom. The number of amides is 1. The largest absolute Gasteiger partial charge is 0.497 e. The molecule has 4 rings (SSSR count). The minimum atomic E-state index is 0.0352. The molecule has 0 bridgehead atoms. The molecule has 0 saturated carbocycles. The van der Waals surface area contributed by atoms with Gasteiger partial charge >= 0.3 is 0 Å². The molecule has 10 heteroatoms. The van der Waals surface area contributed by atoms with Crippen molar-refractivity contribution in [2.24, 2.45) is 0 Å². The van der Waals surface area contributed by atoms with E-state index in [4.69, 9.17) is 13.7 Å². The van der Waals surface area contributed by atoms with Gasteiger partial charge in [-0.15, -0.1) is 0 Å². The highest BCUT2D eigenvalue weighted by molar-refractivity contribution is 5.78. The van der Waals surface area contributed by atoms with Crippen LogP contribution in [0.3, 0.4) is 0 Å². The zero-order valence-corrected chi connectivity index (χ0v) is 21.4. The molecule has 1 amide bonds. The Morgan fingerprint density at radius 3 is 2.47 bits per heavy atom. The van der Waals surface area contributed by atoms with E-state index < -0.39 is 0 Å². The van der Waals surface area contributed by atoms with Crippen molar-refractivity contribution in [3.05, 3.63) is 54.3 Å². The van der Waals surface area contributed by atoms with E-state index in [1.165, 1.54) is 0 Å². The second-order valence-electron chi connectivity index (χ2n) is 8.85. The predicted octanol–water partition coefficient (Wildman–Crippen LogP) is 2.66. The van der Waals surface area contributed by atoms with E-state index in [2.05, 4.69) is 44.0 Å². The number of hydrogen-bond donors (Lipinski definition) is 1. The number of carbonyl (C=O) groups excluding carboxylic acids is 1. The van der Waals surface area contributed by atoms with Crippen molar-refractivity contribution in [1.82, 2.24) is 30.2 Å². The normalized spacial score (nSPS) is 15.8. The van der Waals surface area contributed by atoms with E-state index >= 15 is 0 Å². The third-order valence-electron chi connectivity index (χ3n) is 6.62. The number of aromatic nitrogens is 2. The van der Waals surface area contributed by atoms with Gasteiger partial charge in [0, 0.05) is 38.3 Å². The van der Waals surface area contributed by atoms with E-state index in [0.717, 1.165) is 56.3 Å². The second kappa shape index (κ2) is 12.7. The number of likely N-dealkylation sites (N-methyl/N-ethyl adjacent to an activating group) is 1. The van der Waals surface area contributed by atoms with Crippen LogP contribution in [0, 0.1) is 0 Å². The number of carbonyl (C=O) groups is 1. The highest BCUT2D eigenvalue weighted by Gasteiger charge is 2.24. The lowest BCUT2D eigenvalue weighted by atomic mass is 10.2. The average Bonchev–Trinajstić information content (AvgIpc) is 3.61. The number of hydrogen-bond acceptors (Lipinski definition) is 9. The number of piperazine rings is 1. The van der Waals surface area contributed by atoms with Crippen molar-refractivity contribution in [3.8, 4) is 17.1 Å². The van der Waals surface area contributed by atoms with Gasteiger partial charge in [0.15, 0.2) is 0 Å². The number of nitrogens with zero attached hydrogens (tertiary/aromatic N) is 5. The minimum absolute atomic E-state index is 0.0352. The van der Waals surface area contributed by atoms with Crippen LogP contribution in [-0.4, -0.2) is 90.2 Å². The maximum absolute atomic E-state index is 12.7. The van der Waals surface area contributed by atoms with Crippen LogP contribution >= 0.6 is 0 Å². The van der Waals surface area contributed by atoms with Crippen LogP contribution in [0.25, 0.3) is 11.4 Å². The first-order valence-corrected chi connectivity index (χ1v) is 12.6. The fraction of sp³-hybridized carbons (Fsp3) is 0.500. The maximum atomic E-state index is 12.7. The van der Waals surface area contributed by atoms with Gasteiger partial charge in [0.2, 0.25) is 17.6 Å². The molecule has 0 radical (unpaired) electrons. The Labute approximate surface area is 212 Å². The zero-order valence-electron chi connectivity index (χ0n) is 21.4. The Bertz CT molecular complexity index is 1060. The fourth-order valence-corrected chi connectivity index (χ4v) is 4.50. The van der Waals surface area contributed by atoms with Crippen LogP contribution in [0.5, 0.6) is 5.75 Å². The average molecular weight is 497 g/mol. The van der Waals surface area contributed by atoms with Crippen molar-refractivity contribution in [2.45, 2.75) is 26.4 Å². The van der Waals surface area contributed by atoms with E-state index in [0.29, 0.717) is 31.3 Å². The monoisotopic (exact) mass is 496 g/mol. The smallest absolute Gasteiger partial charge is 0.241 e.